The van der Waals surface area contributed by atoms with E-state index in [1.165, 1.54) is 11.1 Å². The summed E-state index contributed by atoms with van der Waals surface area (Å²) in [6.45, 7) is 3.72. The van der Waals surface area contributed by atoms with Gasteiger partial charge in [-0.1, -0.05) is 87.0 Å². The maximum absolute atomic E-state index is 13.1. The number of hydrogen-bond donors (Lipinski definition) is 1. The molecular formula is C27H34O3. The second kappa shape index (κ2) is 10.6. The number of carbonyl (C=O) groups excluding carboxylic acids is 1. The molecule has 160 valence electrons. The zero-order chi connectivity index (χ0) is 21.4. The van der Waals surface area contributed by atoms with Crippen molar-refractivity contribution in [2.24, 2.45) is 5.92 Å². The van der Waals surface area contributed by atoms with Crippen LogP contribution in [0.3, 0.4) is 0 Å². The summed E-state index contributed by atoms with van der Waals surface area (Å²) in [5.41, 5.74) is 0.849. The zero-order valence-corrected chi connectivity index (χ0v) is 18.2. The first-order chi connectivity index (χ1) is 14.5. The average Bonchev–Trinajstić information content (AvgIpc) is 2.78. The Hall–Kier alpha value is -2.39. The van der Waals surface area contributed by atoms with Gasteiger partial charge in [0.05, 0.1) is 0 Å². The highest BCUT2D eigenvalue weighted by molar-refractivity contribution is 5.82. The van der Waals surface area contributed by atoms with Crippen molar-refractivity contribution in [3.63, 3.8) is 0 Å². The fourth-order valence-electron chi connectivity index (χ4n) is 4.21. The van der Waals surface area contributed by atoms with Crippen molar-refractivity contribution in [2.75, 3.05) is 0 Å². The number of ether oxygens (including phenoxy) is 1. The molecule has 2 aromatic rings. The molecule has 0 spiro atoms. The van der Waals surface area contributed by atoms with Crippen LogP contribution in [0.15, 0.2) is 72.8 Å². The van der Waals surface area contributed by atoms with Gasteiger partial charge in [0, 0.05) is 5.92 Å². The molecule has 30 heavy (non-hydrogen) atoms. The van der Waals surface area contributed by atoms with Crippen molar-refractivity contribution < 1.29 is 14.6 Å². The topological polar surface area (TPSA) is 46.5 Å². The standard InChI is InChI=1S/C27H34O3/c1-21(2)27(29,20-12-11-15-22-13-5-3-6-14-22)26(28)30-25-19-10-9-18-24(25)23-16-7-4-8-17-23/h3-8,12-14,16-17,20-21,24-25,29H,9-11,15,18-19H2,1-2H3/t24-,25+,27-/m0/s1. The predicted molar refractivity (Wildman–Crippen MR) is 121 cm³/mol. The smallest absolute Gasteiger partial charge is 0.342 e. The lowest BCUT2D eigenvalue weighted by atomic mass is 9.81. The molecular weight excluding hydrogens is 372 g/mol. The first kappa shape index (κ1) is 22.3. The molecule has 3 heteroatoms. The van der Waals surface area contributed by atoms with Crippen LogP contribution in [-0.4, -0.2) is 22.8 Å². The molecule has 0 aliphatic heterocycles. The highest BCUT2D eigenvalue weighted by atomic mass is 16.6. The Bertz CT molecular complexity index is 813. The Balaban J connectivity index is 1.66. The molecule has 0 unspecified atom stereocenters. The van der Waals surface area contributed by atoms with Gasteiger partial charge in [0.15, 0.2) is 5.60 Å². The molecule has 1 aliphatic carbocycles. The molecule has 0 saturated heterocycles. The van der Waals surface area contributed by atoms with E-state index in [1.807, 2.05) is 56.3 Å². The van der Waals surface area contributed by atoms with Crippen LogP contribution in [-0.2, 0) is 16.0 Å². The van der Waals surface area contributed by atoms with Gasteiger partial charge in [-0.15, -0.1) is 0 Å². The Labute approximate surface area is 180 Å². The van der Waals surface area contributed by atoms with E-state index in [1.54, 1.807) is 6.08 Å². The van der Waals surface area contributed by atoms with E-state index in [9.17, 15) is 9.90 Å². The largest absolute Gasteiger partial charge is 0.459 e. The monoisotopic (exact) mass is 406 g/mol. The molecule has 1 aliphatic rings. The minimum Gasteiger partial charge on any atom is -0.459 e. The number of allylic oxidation sites excluding steroid dienone is 1. The molecule has 0 bridgehead atoms. The lowest BCUT2D eigenvalue weighted by molar-refractivity contribution is -0.172. The van der Waals surface area contributed by atoms with Crippen LogP contribution in [0, 0.1) is 5.92 Å². The van der Waals surface area contributed by atoms with Crippen LogP contribution in [0.4, 0.5) is 0 Å². The predicted octanol–water partition coefficient (Wildman–Crippen LogP) is 5.83. The number of benzene rings is 2. The van der Waals surface area contributed by atoms with E-state index in [0.717, 1.165) is 38.5 Å². The molecule has 0 radical (unpaired) electrons. The van der Waals surface area contributed by atoms with Gasteiger partial charge in [-0.2, -0.15) is 0 Å². The lowest BCUT2D eigenvalue weighted by Gasteiger charge is -2.35. The molecule has 3 rings (SSSR count). The molecule has 3 atom stereocenters. The Morgan fingerprint density at radius 2 is 1.70 bits per heavy atom. The summed E-state index contributed by atoms with van der Waals surface area (Å²) < 4.78 is 5.96. The maximum atomic E-state index is 13.1. The van der Waals surface area contributed by atoms with Crippen molar-refractivity contribution in [3.8, 4) is 0 Å². The fraction of sp³-hybridized carbons (Fsp3) is 0.444. The summed E-state index contributed by atoms with van der Waals surface area (Å²) in [6, 6.07) is 20.5. The fourth-order valence-corrected chi connectivity index (χ4v) is 4.21. The van der Waals surface area contributed by atoms with Gasteiger partial charge in [-0.3, -0.25) is 0 Å². The molecule has 1 saturated carbocycles. The van der Waals surface area contributed by atoms with Crippen LogP contribution in [0.1, 0.15) is 63.0 Å². The zero-order valence-electron chi connectivity index (χ0n) is 18.2. The average molecular weight is 407 g/mol. The van der Waals surface area contributed by atoms with Gasteiger partial charge in [0.1, 0.15) is 6.10 Å². The SMILES string of the molecule is CC(C)[C@@](O)(C=CCCc1ccccc1)C(=O)O[C@@H]1CCCC[C@H]1c1ccccc1. The first-order valence-electron chi connectivity index (χ1n) is 11.2. The minimum atomic E-state index is -1.60. The van der Waals surface area contributed by atoms with E-state index in [4.69, 9.17) is 4.74 Å². The van der Waals surface area contributed by atoms with Crippen LogP contribution in [0.25, 0.3) is 0 Å². The van der Waals surface area contributed by atoms with E-state index >= 15 is 0 Å². The number of carbonyl (C=O) groups is 1. The number of rotatable bonds is 8. The molecule has 1 N–H and O–H groups in total. The van der Waals surface area contributed by atoms with Gasteiger partial charge < -0.3 is 9.84 Å². The second-order valence-electron chi connectivity index (χ2n) is 8.65. The van der Waals surface area contributed by atoms with Gasteiger partial charge in [0.25, 0.3) is 0 Å². The first-order valence-corrected chi connectivity index (χ1v) is 11.2. The van der Waals surface area contributed by atoms with Gasteiger partial charge in [-0.25, -0.2) is 4.79 Å². The lowest BCUT2D eigenvalue weighted by Crippen LogP contribution is -2.45. The van der Waals surface area contributed by atoms with E-state index in [0.29, 0.717) is 0 Å². The molecule has 0 aromatic heterocycles. The van der Waals surface area contributed by atoms with Crippen molar-refractivity contribution in [1.82, 2.24) is 0 Å². The normalized spacial score (nSPS) is 21.5. The summed E-state index contributed by atoms with van der Waals surface area (Å²) in [6.07, 6.45) is 9.05. The third-order valence-corrected chi connectivity index (χ3v) is 6.21. The number of hydrogen-bond acceptors (Lipinski definition) is 3. The van der Waals surface area contributed by atoms with Gasteiger partial charge >= 0.3 is 5.97 Å². The summed E-state index contributed by atoms with van der Waals surface area (Å²) in [4.78, 5) is 13.1. The minimum absolute atomic E-state index is 0.184. The van der Waals surface area contributed by atoms with Crippen molar-refractivity contribution in [3.05, 3.63) is 83.9 Å². The Morgan fingerprint density at radius 3 is 2.37 bits per heavy atom. The Morgan fingerprint density at radius 1 is 1.07 bits per heavy atom. The summed E-state index contributed by atoms with van der Waals surface area (Å²) in [5, 5.41) is 11.2. The van der Waals surface area contributed by atoms with Crippen LogP contribution >= 0.6 is 0 Å². The van der Waals surface area contributed by atoms with Crippen LogP contribution in [0.5, 0.6) is 0 Å². The number of esters is 1. The third-order valence-electron chi connectivity index (χ3n) is 6.21. The summed E-state index contributed by atoms with van der Waals surface area (Å²) in [7, 11) is 0. The number of aliphatic hydroxyl groups is 1. The van der Waals surface area contributed by atoms with Crippen LogP contribution < -0.4 is 0 Å². The molecule has 0 heterocycles. The van der Waals surface area contributed by atoms with Crippen molar-refractivity contribution in [1.29, 1.82) is 0 Å². The highest BCUT2D eigenvalue weighted by Gasteiger charge is 2.41. The van der Waals surface area contributed by atoms with Crippen LogP contribution in [0.2, 0.25) is 0 Å². The molecule has 2 aromatic carbocycles. The summed E-state index contributed by atoms with van der Waals surface area (Å²) >= 11 is 0. The van der Waals surface area contributed by atoms with Gasteiger partial charge in [0.2, 0.25) is 0 Å². The van der Waals surface area contributed by atoms with E-state index in [2.05, 4.69) is 24.3 Å². The van der Waals surface area contributed by atoms with E-state index < -0.39 is 11.6 Å². The second-order valence-corrected chi connectivity index (χ2v) is 8.65. The van der Waals surface area contributed by atoms with Crippen molar-refractivity contribution >= 4 is 5.97 Å². The maximum Gasteiger partial charge on any atom is 0.342 e. The molecule has 3 nitrogen and oxygen atoms in total. The number of aryl methyl sites for hydroxylation is 1. The van der Waals surface area contributed by atoms with Gasteiger partial charge in [-0.05, 0) is 55.2 Å². The highest BCUT2D eigenvalue weighted by Crippen LogP contribution is 2.36. The molecule has 1 fully saturated rings. The summed E-state index contributed by atoms with van der Waals surface area (Å²) in [5.74, 6) is -0.597. The molecule has 0 amide bonds. The Kier molecular flexibility index (Phi) is 7.87. The quantitative estimate of drug-likeness (QED) is 0.443. The van der Waals surface area contributed by atoms with E-state index in [-0.39, 0.29) is 17.9 Å². The third kappa shape index (κ3) is 5.60. The van der Waals surface area contributed by atoms with Crippen molar-refractivity contribution in [2.45, 2.75) is 70.0 Å².